The zero-order chi connectivity index (χ0) is 14.6. The number of ether oxygens (including phenoxy) is 1. The van der Waals surface area contributed by atoms with Gasteiger partial charge in [0.1, 0.15) is 11.6 Å². The van der Waals surface area contributed by atoms with Gasteiger partial charge in [-0.05, 0) is 57.0 Å². The van der Waals surface area contributed by atoms with Gasteiger partial charge in [0.15, 0.2) is 0 Å². The fourth-order valence-electron chi connectivity index (χ4n) is 3.03. The molecule has 0 bridgehead atoms. The molecule has 112 valence electrons. The van der Waals surface area contributed by atoms with E-state index in [1.165, 1.54) is 12.1 Å². The molecule has 0 aliphatic carbocycles. The van der Waals surface area contributed by atoms with Crippen LogP contribution in [0.2, 0.25) is 0 Å². The van der Waals surface area contributed by atoms with Gasteiger partial charge in [-0.15, -0.1) is 0 Å². The van der Waals surface area contributed by atoms with Gasteiger partial charge in [-0.1, -0.05) is 6.92 Å². The third kappa shape index (κ3) is 3.30. The zero-order valence-electron chi connectivity index (χ0n) is 12.4. The van der Waals surface area contributed by atoms with Crippen LogP contribution in [0.4, 0.5) is 4.39 Å². The molecule has 1 aliphatic heterocycles. The number of rotatable bonds is 4. The van der Waals surface area contributed by atoms with Crippen molar-refractivity contribution in [2.75, 3.05) is 26.7 Å². The lowest BCUT2D eigenvalue weighted by Crippen LogP contribution is -2.30. The van der Waals surface area contributed by atoms with Crippen molar-refractivity contribution in [3.05, 3.63) is 29.6 Å². The smallest absolute Gasteiger partial charge is 0.125 e. The van der Waals surface area contributed by atoms with Crippen molar-refractivity contribution in [1.82, 2.24) is 4.90 Å². The van der Waals surface area contributed by atoms with Crippen molar-refractivity contribution in [2.24, 2.45) is 0 Å². The minimum absolute atomic E-state index is 0.330. The molecule has 3 nitrogen and oxygen atoms in total. The normalized spacial score (nSPS) is 24.4. The summed E-state index contributed by atoms with van der Waals surface area (Å²) in [5.41, 5.74) is -0.408. The quantitative estimate of drug-likeness (QED) is 0.921. The molecule has 1 aromatic carbocycles. The Balaban J connectivity index is 2.24. The fourth-order valence-corrected chi connectivity index (χ4v) is 3.03. The summed E-state index contributed by atoms with van der Waals surface area (Å²) in [6, 6.07) is 4.37. The Bertz CT molecular complexity index is 452. The number of likely N-dealkylation sites (tertiary alicyclic amines) is 1. The molecule has 0 spiro atoms. The molecule has 1 aromatic rings. The lowest BCUT2D eigenvalue weighted by molar-refractivity contribution is 0.0187. The van der Waals surface area contributed by atoms with Crippen LogP contribution < -0.4 is 4.74 Å². The van der Waals surface area contributed by atoms with Crippen LogP contribution in [0.5, 0.6) is 5.75 Å². The van der Waals surface area contributed by atoms with Crippen molar-refractivity contribution in [1.29, 1.82) is 0 Å². The minimum atomic E-state index is -0.990. The molecule has 1 aliphatic rings. The molecular weight excluding hydrogens is 257 g/mol. The first-order valence-electron chi connectivity index (χ1n) is 7.38. The highest BCUT2D eigenvalue weighted by Crippen LogP contribution is 2.38. The zero-order valence-corrected chi connectivity index (χ0v) is 12.4. The number of halogens is 1. The molecule has 0 amide bonds. The number of hydrogen-bond donors (Lipinski definition) is 1. The molecule has 0 radical (unpaired) electrons. The first-order chi connectivity index (χ1) is 9.59. The fraction of sp³-hybridized carbons (Fsp3) is 0.625. The Labute approximate surface area is 120 Å². The molecule has 1 N–H and O–H groups in total. The number of hydrogen-bond acceptors (Lipinski definition) is 3. The first kappa shape index (κ1) is 15.3. The molecule has 1 saturated heterocycles. The SMILES string of the molecule is CCCN1CCCC(O)(c2cc(F)ccc2OC)CC1. The van der Waals surface area contributed by atoms with Crippen LogP contribution in [0.15, 0.2) is 18.2 Å². The Hall–Kier alpha value is -1.13. The maximum atomic E-state index is 13.5. The average Bonchev–Trinajstić information content (AvgIpc) is 2.63. The van der Waals surface area contributed by atoms with Crippen LogP contribution >= 0.6 is 0 Å². The Morgan fingerprint density at radius 2 is 2.15 bits per heavy atom. The van der Waals surface area contributed by atoms with E-state index in [1.807, 2.05) is 0 Å². The highest BCUT2D eigenvalue weighted by Gasteiger charge is 2.34. The number of aliphatic hydroxyl groups is 1. The Morgan fingerprint density at radius 1 is 1.35 bits per heavy atom. The summed E-state index contributed by atoms with van der Waals surface area (Å²) < 4.78 is 18.8. The van der Waals surface area contributed by atoms with E-state index in [9.17, 15) is 9.50 Å². The lowest BCUT2D eigenvalue weighted by atomic mass is 9.86. The van der Waals surface area contributed by atoms with Crippen LogP contribution in [0.1, 0.15) is 38.2 Å². The van der Waals surface area contributed by atoms with Crippen LogP contribution in [0.25, 0.3) is 0 Å². The van der Waals surface area contributed by atoms with Gasteiger partial charge in [0.25, 0.3) is 0 Å². The second-order valence-electron chi connectivity index (χ2n) is 5.57. The van der Waals surface area contributed by atoms with E-state index in [1.54, 1.807) is 13.2 Å². The molecule has 0 saturated carbocycles. The molecule has 1 heterocycles. The third-order valence-corrected chi connectivity index (χ3v) is 4.11. The topological polar surface area (TPSA) is 32.7 Å². The van der Waals surface area contributed by atoms with Gasteiger partial charge in [-0.3, -0.25) is 0 Å². The van der Waals surface area contributed by atoms with E-state index in [-0.39, 0.29) is 5.82 Å². The highest BCUT2D eigenvalue weighted by atomic mass is 19.1. The second-order valence-corrected chi connectivity index (χ2v) is 5.57. The largest absolute Gasteiger partial charge is 0.496 e. The van der Waals surface area contributed by atoms with Crippen molar-refractivity contribution in [3.8, 4) is 5.75 Å². The molecule has 4 heteroatoms. The molecular formula is C16H24FNO2. The second kappa shape index (κ2) is 6.55. The molecule has 20 heavy (non-hydrogen) atoms. The highest BCUT2D eigenvalue weighted by molar-refractivity contribution is 5.38. The predicted molar refractivity (Wildman–Crippen MR) is 77.4 cm³/mol. The van der Waals surface area contributed by atoms with E-state index < -0.39 is 5.60 Å². The van der Waals surface area contributed by atoms with Gasteiger partial charge < -0.3 is 14.7 Å². The maximum absolute atomic E-state index is 13.5. The number of methoxy groups -OCH3 is 1. The van der Waals surface area contributed by atoms with E-state index in [0.717, 1.165) is 32.5 Å². The molecule has 1 fully saturated rings. The summed E-state index contributed by atoms with van der Waals surface area (Å²) in [4.78, 5) is 2.36. The lowest BCUT2D eigenvalue weighted by Gasteiger charge is -2.29. The first-order valence-corrected chi connectivity index (χ1v) is 7.38. The average molecular weight is 281 g/mol. The van der Waals surface area contributed by atoms with E-state index >= 15 is 0 Å². The maximum Gasteiger partial charge on any atom is 0.125 e. The van der Waals surface area contributed by atoms with Gasteiger partial charge in [0.05, 0.1) is 12.7 Å². The van der Waals surface area contributed by atoms with Crippen LogP contribution in [0, 0.1) is 5.82 Å². The van der Waals surface area contributed by atoms with Crippen molar-refractivity contribution in [3.63, 3.8) is 0 Å². The Kier molecular flexibility index (Phi) is 5.00. The van der Waals surface area contributed by atoms with E-state index in [2.05, 4.69) is 11.8 Å². The van der Waals surface area contributed by atoms with Gasteiger partial charge in [-0.25, -0.2) is 4.39 Å². The van der Waals surface area contributed by atoms with Crippen LogP contribution in [0.3, 0.4) is 0 Å². The standard InChI is InChI=1S/C16H24FNO2/c1-3-9-18-10-4-7-16(19,8-11-18)14-12-13(17)5-6-15(14)20-2/h5-6,12,19H,3-4,7-11H2,1-2H3. The summed E-state index contributed by atoms with van der Waals surface area (Å²) in [7, 11) is 1.56. The van der Waals surface area contributed by atoms with Crippen LogP contribution in [-0.4, -0.2) is 36.8 Å². The number of nitrogens with zero attached hydrogens (tertiary/aromatic N) is 1. The van der Waals surface area contributed by atoms with E-state index in [0.29, 0.717) is 24.2 Å². The molecule has 1 unspecified atom stereocenters. The van der Waals surface area contributed by atoms with Gasteiger partial charge in [0.2, 0.25) is 0 Å². The summed E-state index contributed by atoms with van der Waals surface area (Å²) in [6.45, 7) is 5.04. The summed E-state index contributed by atoms with van der Waals surface area (Å²) in [5, 5.41) is 11.0. The summed E-state index contributed by atoms with van der Waals surface area (Å²) in [6.07, 6.45) is 3.29. The molecule has 1 atom stereocenters. The van der Waals surface area contributed by atoms with Crippen molar-refractivity contribution >= 4 is 0 Å². The summed E-state index contributed by atoms with van der Waals surface area (Å²) in [5.74, 6) is 0.238. The monoisotopic (exact) mass is 281 g/mol. The molecule has 2 rings (SSSR count). The van der Waals surface area contributed by atoms with E-state index in [4.69, 9.17) is 4.74 Å². The van der Waals surface area contributed by atoms with Gasteiger partial charge in [0, 0.05) is 12.1 Å². The van der Waals surface area contributed by atoms with Crippen LogP contribution in [-0.2, 0) is 5.60 Å². The molecule has 0 aromatic heterocycles. The minimum Gasteiger partial charge on any atom is -0.496 e. The predicted octanol–water partition coefficient (Wildman–Crippen LogP) is 2.92. The Morgan fingerprint density at radius 3 is 2.85 bits per heavy atom. The van der Waals surface area contributed by atoms with Gasteiger partial charge >= 0.3 is 0 Å². The van der Waals surface area contributed by atoms with Crippen molar-refractivity contribution < 1.29 is 14.2 Å². The number of benzene rings is 1. The van der Waals surface area contributed by atoms with Gasteiger partial charge in [-0.2, -0.15) is 0 Å². The summed E-state index contributed by atoms with van der Waals surface area (Å²) >= 11 is 0. The van der Waals surface area contributed by atoms with Crippen molar-refractivity contribution in [2.45, 2.75) is 38.2 Å². The third-order valence-electron chi connectivity index (χ3n) is 4.11.